The van der Waals surface area contributed by atoms with Gasteiger partial charge in [0, 0.05) is 6.54 Å². The Hall–Kier alpha value is -2.24. The first-order chi connectivity index (χ1) is 10.2. The predicted octanol–water partition coefficient (Wildman–Crippen LogP) is 1.92. The van der Waals surface area contributed by atoms with E-state index in [0.717, 1.165) is 11.3 Å². The summed E-state index contributed by atoms with van der Waals surface area (Å²) >= 11 is 0. The van der Waals surface area contributed by atoms with E-state index < -0.39 is 6.09 Å². The molecule has 0 saturated heterocycles. The Morgan fingerprint density at radius 2 is 1.90 bits per heavy atom. The minimum atomic E-state index is -0.412. The molecule has 1 rings (SSSR count). The summed E-state index contributed by atoms with van der Waals surface area (Å²) in [5, 5.41) is 2.61. The molecular formula is C15H21NO5. The summed E-state index contributed by atoms with van der Waals surface area (Å²) in [6.07, 6.45) is 0.521. The van der Waals surface area contributed by atoms with Crippen molar-refractivity contribution in [1.82, 2.24) is 5.32 Å². The van der Waals surface area contributed by atoms with E-state index in [1.165, 1.54) is 7.11 Å². The Balaban J connectivity index is 2.21. The number of methoxy groups -OCH3 is 1. The Labute approximate surface area is 124 Å². The smallest absolute Gasteiger partial charge is 0.407 e. The molecule has 0 atom stereocenters. The molecule has 1 N–H and O–H groups in total. The number of alkyl carbamates (subject to hydrolysis) is 1. The van der Waals surface area contributed by atoms with Crippen LogP contribution in [0.1, 0.15) is 18.9 Å². The van der Waals surface area contributed by atoms with Crippen molar-refractivity contribution in [3.05, 3.63) is 29.8 Å². The normalized spacial score (nSPS) is 9.81. The highest BCUT2D eigenvalue weighted by atomic mass is 16.5. The number of amides is 1. The summed E-state index contributed by atoms with van der Waals surface area (Å²) in [5.41, 5.74) is 0.873. The van der Waals surface area contributed by atoms with E-state index in [1.54, 1.807) is 19.1 Å². The van der Waals surface area contributed by atoms with Crippen LogP contribution in [0.5, 0.6) is 5.75 Å². The van der Waals surface area contributed by atoms with Gasteiger partial charge in [0.05, 0.1) is 26.7 Å². The molecular weight excluding hydrogens is 274 g/mol. The number of hydrogen-bond donors (Lipinski definition) is 1. The summed E-state index contributed by atoms with van der Waals surface area (Å²) in [7, 11) is 1.37. The standard InChI is InChI=1S/C15H21NO5/c1-3-20-15(18)16-9-4-10-21-13-7-5-12(6-8-13)11-14(17)19-2/h5-8H,3-4,9-11H2,1-2H3,(H,16,18). The fraction of sp³-hybridized carbons (Fsp3) is 0.467. The van der Waals surface area contributed by atoms with Crippen molar-refractivity contribution in [2.45, 2.75) is 19.8 Å². The molecule has 6 nitrogen and oxygen atoms in total. The van der Waals surface area contributed by atoms with Gasteiger partial charge in [0.25, 0.3) is 0 Å². The van der Waals surface area contributed by atoms with Crippen LogP contribution in [-0.4, -0.2) is 38.9 Å². The molecule has 0 aromatic heterocycles. The van der Waals surface area contributed by atoms with Gasteiger partial charge >= 0.3 is 12.1 Å². The van der Waals surface area contributed by atoms with Crippen molar-refractivity contribution in [3.8, 4) is 5.75 Å². The maximum Gasteiger partial charge on any atom is 0.407 e. The third-order valence-electron chi connectivity index (χ3n) is 2.63. The lowest BCUT2D eigenvalue weighted by Crippen LogP contribution is -2.26. The molecule has 0 fully saturated rings. The quantitative estimate of drug-likeness (QED) is 0.586. The first kappa shape index (κ1) is 16.8. The van der Waals surface area contributed by atoms with Gasteiger partial charge in [0.2, 0.25) is 0 Å². The Bertz CT molecular complexity index is 444. The number of rotatable bonds is 8. The number of ether oxygens (including phenoxy) is 3. The zero-order valence-corrected chi connectivity index (χ0v) is 12.4. The van der Waals surface area contributed by atoms with E-state index in [-0.39, 0.29) is 12.4 Å². The third kappa shape index (κ3) is 7.20. The lowest BCUT2D eigenvalue weighted by Gasteiger charge is -2.08. The van der Waals surface area contributed by atoms with Crippen LogP contribution in [0.25, 0.3) is 0 Å². The summed E-state index contributed by atoms with van der Waals surface area (Å²) in [6.45, 7) is 3.11. The van der Waals surface area contributed by atoms with Gasteiger partial charge in [-0.05, 0) is 31.0 Å². The monoisotopic (exact) mass is 295 g/mol. The van der Waals surface area contributed by atoms with Gasteiger partial charge in [-0.25, -0.2) is 4.79 Å². The number of esters is 1. The number of hydrogen-bond acceptors (Lipinski definition) is 5. The molecule has 0 radical (unpaired) electrons. The van der Waals surface area contributed by atoms with E-state index >= 15 is 0 Å². The van der Waals surface area contributed by atoms with E-state index in [0.29, 0.717) is 26.2 Å². The van der Waals surface area contributed by atoms with E-state index in [4.69, 9.17) is 9.47 Å². The van der Waals surface area contributed by atoms with Crippen LogP contribution in [0, 0.1) is 0 Å². The number of carbonyl (C=O) groups excluding carboxylic acids is 2. The molecule has 1 aromatic rings. The largest absolute Gasteiger partial charge is 0.494 e. The van der Waals surface area contributed by atoms with Gasteiger partial charge < -0.3 is 19.5 Å². The zero-order valence-electron chi connectivity index (χ0n) is 12.4. The maximum atomic E-state index is 11.1. The molecule has 0 unspecified atom stereocenters. The fourth-order valence-electron chi connectivity index (χ4n) is 1.58. The number of benzene rings is 1. The second-order valence-corrected chi connectivity index (χ2v) is 4.25. The van der Waals surface area contributed by atoms with Crippen LogP contribution in [0.15, 0.2) is 24.3 Å². The fourth-order valence-corrected chi connectivity index (χ4v) is 1.58. The highest BCUT2D eigenvalue weighted by molar-refractivity contribution is 5.72. The molecule has 0 heterocycles. The molecule has 1 aromatic carbocycles. The van der Waals surface area contributed by atoms with Crippen LogP contribution in [0.4, 0.5) is 4.79 Å². The molecule has 21 heavy (non-hydrogen) atoms. The van der Waals surface area contributed by atoms with Gasteiger partial charge in [0.15, 0.2) is 0 Å². The molecule has 0 aliphatic rings. The first-order valence-corrected chi connectivity index (χ1v) is 6.85. The lowest BCUT2D eigenvalue weighted by atomic mass is 10.1. The van der Waals surface area contributed by atoms with E-state index in [2.05, 4.69) is 10.1 Å². The van der Waals surface area contributed by atoms with Gasteiger partial charge in [0.1, 0.15) is 5.75 Å². The van der Waals surface area contributed by atoms with E-state index in [9.17, 15) is 9.59 Å². The molecule has 0 bridgehead atoms. The highest BCUT2D eigenvalue weighted by Gasteiger charge is 2.03. The molecule has 0 saturated carbocycles. The second-order valence-electron chi connectivity index (χ2n) is 4.25. The SMILES string of the molecule is CCOC(=O)NCCCOc1ccc(CC(=O)OC)cc1. The van der Waals surface area contributed by atoms with Crippen LogP contribution in [0.3, 0.4) is 0 Å². The van der Waals surface area contributed by atoms with Gasteiger partial charge in [-0.2, -0.15) is 0 Å². The minimum absolute atomic E-state index is 0.250. The van der Waals surface area contributed by atoms with Crippen molar-refractivity contribution in [1.29, 1.82) is 0 Å². The zero-order chi connectivity index (χ0) is 15.5. The Morgan fingerprint density at radius 1 is 1.19 bits per heavy atom. The van der Waals surface area contributed by atoms with Crippen LogP contribution in [-0.2, 0) is 20.7 Å². The van der Waals surface area contributed by atoms with Crippen LogP contribution < -0.4 is 10.1 Å². The molecule has 0 aliphatic carbocycles. The minimum Gasteiger partial charge on any atom is -0.494 e. The lowest BCUT2D eigenvalue weighted by molar-refractivity contribution is -0.139. The number of carbonyl (C=O) groups is 2. The molecule has 0 spiro atoms. The summed E-state index contributed by atoms with van der Waals surface area (Å²) in [4.78, 5) is 22.1. The Kier molecular flexibility index (Phi) is 7.71. The summed E-state index contributed by atoms with van der Waals surface area (Å²) in [5.74, 6) is 0.452. The molecule has 1 amide bonds. The Morgan fingerprint density at radius 3 is 2.52 bits per heavy atom. The van der Waals surface area contributed by atoms with Crippen molar-refractivity contribution in [2.75, 3.05) is 26.9 Å². The average Bonchev–Trinajstić information content (AvgIpc) is 2.48. The molecule has 6 heteroatoms. The van der Waals surface area contributed by atoms with Crippen LogP contribution >= 0.6 is 0 Å². The van der Waals surface area contributed by atoms with Gasteiger partial charge in [-0.15, -0.1) is 0 Å². The average molecular weight is 295 g/mol. The third-order valence-corrected chi connectivity index (χ3v) is 2.63. The highest BCUT2D eigenvalue weighted by Crippen LogP contribution is 2.13. The van der Waals surface area contributed by atoms with E-state index in [1.807, 2.05) is 12.1 Å². The molecule has 0 aliphatic heterocycles. The van der Waals surface area contributed by atoms with Crippen molar-refractivity contribution < 1.29 is 23.8 Å². The predicted molar refractivity (Wildman–Crippen MR) is 77.3 cm³/mol. The van der Waals surface area contributed by atoms with Crippen molar-refractivity contribution in [3.63, 3.8) is 0 Å². The second kappa shape index (κ2) is 9.63. The maximum absolute atomic E-state index is 11.1. The number of nitrogens with one attached hydrogen (secondary N) is 1. The molecule has 116 valence electrons. The topological polar surface area (TPSA) is 73.9 Å². The first-order valence-electron chi connectivity index (χ1n) is 6.85. The summed E-state index contributed by atoms with van der Waals surface area (Å²) in [6, 6.07) is 7.25. The van der Waals surface area contributed by atoms with Gasteiger partial charge in [-0.1, -0.05) is 12.1 Å². The van der Waals surface area contributed by atoms with Gasteiger partial charge in [-0.3, -0.25) is 4.79 Å². The van der Waals surface area contributed by atoms with Crippen molar-refractivity contribution >= 4 is 12.1 Å². The van der Waals surface area contributed by atoms with Crippen molar-refractivity contribution in [2.24, 2.45) is 0 Å². The van der Waals surface area contributed by atoms with Crippen LogP contribution in [0.2, 0.25) is 0 Å². The summed E-state index contributed by atoms with van der Waals surface area (Å²) < 4.78 is 14.9.